The molecule has 3 N–H and O–H groups in total. The van der Waals surface area contributed by atoms with E-state index in [1.165, 1.54) is 0 Å². The number of phenols is 1. The molecule has 1 aromatic heterocycles. The van der Waals surface area contributed by atoms with Crippen molar-refractivity contribution >= 4 is 11.6 Å². The van der Waals surface area contributed by atoms with E-state index in [4.69, 9.17) is 0 Å². The summed E-state index contributed by atoms with van der Waals surface area (Å²) in [7, 11) is 0. The third kappa shape index (κ3) is 3.38. The summed E-state index contributed by atoms with van der Waals surface area (Å²) in [6.07, 6.45) is -4.61. The van der Waals surface area contributed by atoms with Crippen molar-refractivity contribution in [1.29, 1.82) is 0 Å². The first-order chi connectivity index (χ1) is 9.77. The van der Waals surface area contributed by atoms with E-state index in [1.807, 2.05) is 5.10 Å². The molecule has 0 aliphatic carbocycles. The van der Waals surface area contributed by atoms with Gasteiger partial charge in [-0.3, -0.25) is 9.59 Å². The Morgan fingerprint density at radius 1 is 1.24 bits per heavy atom. The molecule has 1 amide bonds. The van der Waals surface area contributed by atoms with Crippen LogP contribution in [0.15, 0.2) is 35.1 Å². The lowest BCUT2D eigenvalue weighted by Gasteiger charge is -2.11. The van der Waals surface area contributed by atoms with Crippen molar-refractivity contribution in [2.24, 2.45) is 0 Å². The average molecular weight is 299 g/mol. The minimum absolute atomic E-state index is 0.216. The van der Waals surface area contributed by atoms with E-state index in [-0.39, 0.29) is 5.69 Å². The van der Waals surface area contributed by atoms with Crippen molar-refractivity contribution in [3.8, 4) is 5.75 Å². The van der Waals surface area contributed by atoms with Crippen molar-refractivity contribution in [2.75, 3.05) is 5.32 Å². The lowest BCUT2D eigenvalue weighted by atomic mass is 10.1. The number of alkyl halides is 3. The molecule has 0 spiro atoms. The molecule has 0 unspecified atom stereocenters. The number of rotatable bonds is 2. The molecule has 0 atom stereocenters. The summed E-state index contributed by atoms with van der Waals surface area (Å²) in [5.41, 5.74) is -2.19. The summed E-state index contributed by atoms with van der Waals surface area (Å²) in [6, 6.07) is 4.23. The predicted molar refractivity (Wildman–Crippen MR) is 65.9 cm³/mol. The molecule has 0 aliphatic heterocycles. The molecule has 1 heterocycles. The number of carbonyl (C=O) groups excluding carboxylic acids is 1. The van der Waals surface area contributed by atoms with Crippen molar-refractivity contribution < 1.29 is 23.1 Å². The first kappa shape index (κ1) is 14.6. The summed E-state index contributed by atoms with van der Waals surface area (Å²) < 4.78 is 37.7. The highest BCUT2D eigenvalue weighted by molar-refractivity contribution is 6.03. The van der Waals surface area contributed by atoms with Crippen molar-refractivity contribution in [3.63, 3.8) is 0 Å². The maximum Gasteiger partial charge on any atom is 0.416 e. The second-order valence-corrected chi connectivity index (χ2v) is 3.99. The van der Waals surface area contributed by atoms with Crippen LogP contribution in [0.2, 0.25) is 0 Å². The van der Waals surface area contributed by atoms with Crippen LogP contribution in [0.3, 0.4) is 0 Å². The van der Waals surface area contributed by atoms with Crippen LogP contribution in [0.4, 0.5) is 18.9 Å². The maximum atomic E-state index is 12.6. The fourth-order valence-corrected chi connectivity index (χ4v) is 1.47. The summed E-state index contributed by atoms with van der Waals surface area (Å²) in [5, 5.41) is 17.0. The van der Waals surface area contributed by atoms with Gasteiger partial charge in [-0.25, -0.2) is 5.10 Å². The topological polar surface area (TPSA) is 95.1 Å². The van der Waals surface area contributed by atoms with Gasteiger partial charge in [-0.2, -0.15) is 18.3 Å². The highest BCUT2D eigenvalue weighted by Gasteiger charge is 2.31. The Labute approximate surface area is 115 Å². The van der Waals surface area contributed by atoms with Crippen LogP contribution in [0.1, 0.15) is 16.1 Å². The average Bonchev–Trinajstić information content (AvgIpc) is 2.40. The minimum Gasteiger partial charge on any atom is -0.506 e. The number of aromatic hydroxyl groups is 1. The van der Waals surface area contributed by atoms with E-state index in [1.54, 1.807) is 0 Å². The third-order valence-electron chi connectivity index (χ3n) is 2.48. The zero-order valence-electron chi connectivity index (χ0n) is 10.2. The SMILES string of the molecule is O=C(Nc1cc(C(F)(F)F)ccc1O)c1ccc(=O)[nH]n1. The number of nitrogens with zero attached hydrogens (tertiary/aromatic N) is 1. The molecule has 0 fully saturated rings. The number of carbonyl (C=O) groups is 1. The molecule has 2 aromatic rings. The zero-order valence-corrected chi connectivity index (χ0v) is 10.2. The van der Waals surface area contributed by atoms with E-state index in [0.717, 1.165) is 18.2 Å². The van der Waals surface area contributed by atoms with Crippen molar-refractivity contribution in [1.82, 2.24) is 10.2 Å². The molecular weight excluding hydrogens is 291 g/mol. The van der Waals surface area contributed by atoms with Crippen LogP contribution in [0.25, 0.3) is 0 Å². The Morgan fingerprint density at radius 3 is 2.52 bits per heavy atom. The summed E-state index contributed by atoms with van der Waals surface area (Å²) in [5.74, 6) is -1.40. The van der Waals surface area contributed by atoms with Crippen LogP contribution in [-0.2, 0) is 6.18 Å². The van der Waals surface area contributed by atoms with Crippen molar-refractivity contribution in [3.05, 3.63) is 51.9 Å². The molecule has 2 rings (SSSR count). The van der Waals surface area contributed by atoms with E-state index in [0.29, 0.717) is 12.1 Å². The predicted octanol–water partition coefficient (Wildman–Crippen LogP) is 1.75. The fourth-order valence-electron chi connectivity index (χ4n) is 1.47. The molecule has 6 nitrogen and oxygen atoms in total. The van der Waals surface area contributed by atoms with Gasteiger partial charge in [-0.05, 0) is 24.3 Å². The van der Waals surface area contributed by atoms with E-state index in [9.17, 15) is 27.9 Å². The minimum atomic E-state index is -4.61. The zero-order chi connectivity index (χ0) is 15.6. The van der Waals surface area contributed by atoms with Crippen LogP contribution < -0.4 is 10.9 Å². The maximum absolute atomic E-state index is 12.6. The van der Waals surface area contributed by atoms with Gasteiger partial charge in [0.2, 0.25) is 0 Å². The van der Waals surface area contributed by atoms with Crippen molar-refractivity contribution in [2.45, 2.75) is 6.18 Å². The molecule has 21 heavy (non-hydrogen) atoms. The first-order valence-corrected chi connectivity index (χ1v) is 5.54. The first-order valence-electron chi connectivity index (χ1n) is 5.54. The van der Waals surface area contributed by atoms with Crippen LogP contribution in [0.5, 0.6) is 5.75 Å². The molecule has 0 saturated carbocycles. The summed E-state index contributed by atoms with van der Waals surface area (Å²) in [4.78, 5) is 22.5. The van der Waals surface area contributed by atoms with E-state index in [2.05, 4.69) is 10.4 Å². The summed E-state index contributed by atoms with van der Waals surface area (Å²) in [6.45, 7) is 0. The number of aromatic nitrogens is 2. The number of halogens is 3. The highest BCUT2D eigenvalue weighted by Crippen LogP contribution is 2.34. The molecular formula is C12H8F3N3O3. The second kappa shape index (κ2) is 5.27. The number of amides is 1. The quantitative estimate of drug-likeness (QED) is 0.736. The summed E-state index contributed by atoms with van der Waals surface area (Å²) >= 11 is 0. The van der Waals surface area contributed by atoms with Gasteiger partial charge in [0.05, 0.1) is 11.3 Å². The van der Waals surface area contributed by atoms with E-state index < -0.39 is 34.6 Å². The van der Waals surface area contributed by atoms with Crippen LogP contribution in [-0.4, -0.2) is 21.2 Å². The highest BCUT2D eigenvalue weighted by atomic mass is 19.4. The number of benzene rings is 1. The Bertz CT molecular complexity index is 720. The van der Waals surface area contributed by atoms with Gasteiger partial charge in [-0.15, -0.1) is 0 Å². The number of anilines is 1. The Balaban J connectivity index is 2.28. The van der Waals surface area contributed by atoms with Gasteiger partial charge in [0.1, 0.15) is 11.4 Å². The third-order valence-corrected chi connectivity index (χ3v) is 2.48. The van der Waals surface area contributed by atoms with Crippen LogP contribution in [0, 0.1) is 0 Å². The second-order valence-electron chi connectivity index (χ2n) is 3.99. The fraction of sp³-hybridized carbons (Fsp3) is 0.0833. The van der Waals surface area contributed by atoms with Gasteiger partial charge in [0, 0.05) is 6.07 Å². The number of hydrogen-bond donors (Lipinski definition) is 3. The Kier molecular flexibility index (Phi) is 3.66. The molecule has 110 valence electrons. The largest absolute Gasteiger partial charge is 0.506 e. The Hall–Kier alpha value is -2.84. The standard InChI is InChI=1S/C12H8F3N3O3/c13-12(14,15)6-1-3-9(19)8(5-6)16-11(21)7-2-4-10(20)18-17-7/h1-5,19H,(H,16,21)(H,18,20). The van der Waals surface area contributed by atoms with Gasteiger partial charge < -0.3 is 10.4 Å². The number of hydrogen-bond acceptors (Lipinski definition) is 4. The van der Waals surface area contributed by atoms with Crippen LogP contribution >= 0.6 is 0 Å². The lowest BCUT2D eigenvalue weighted by Crippen LogP contribution is -2.18. The molecule has 0 aliphatic rings. The van der Waals surface area contributed by atoms with E-state index >= 15 is 0 Å². The molecule has 0 saturated heterocycles. The number of nitrogens with one attached hydrogen (secondary N) is 2. The van der Waals surface area contributed by atoms with Gasteiger partial charge in [-0.1, -0.05) is 0 Å². The van der Waals surface area contributed by atoms with Gasteiger partial charge in [0.15, 0.2) is 0 Å². The Morgan fingerprint density at radius 2 is 1.95 bits per heavy atom. The van der Waals surface area contributed by atoms with Gasteiger partial charge >= 0.3 is 6.18 Å². The smallest absolute Gasteiger partial charge is 0.416 e. The normalized spacial score (nSPS) is 11.2. The van der Waals surface area contributed by atoms with Gasteiger partial charge in [0.25, 0.3) is 11.5 Å². The monoisotopic (exact) mass is 299 g/mol. The number of H-pyrrole nitrogens is 1. The number of aromatic amines is 1. The lowest BCUT2D eigenvalue weighted by molar-refractivity contribution is -0.137. The molecule has 1 aromatic carbocycles. The molecule has 0 radical (unpaired) electrons. The number of phenolic OH excluding ortho intramolecular Hbond substituents is 1. The molecule has 0 bridgehead atoms. The molecule has 9 heteroatoms.